The molecule has 6 aromatic carbocycles. The molecule has 15 rings (SSSR count). The molecule has 0 saturated heterocycles. The summed E-state index contributed by atoms with van der Waals surface area (Å²) in [6.45, 7) is 0. The zero-order valence-corrected chi connectivity index (χ0v) is 39.5. The summed E-state index contributed by atoms with van der Waals surface area (Å²) in [6, 6.07) is 58.5. The molecule has 0 fully saturated rings. The largest absolute Gasteiger partial charge is 0.435 e. The predicted molar refractivity (Wildman–Crippen MR) is 295 cm³/mol. The van der Waals surface area contributed by atoms with Crippen LogP contribution in [0.15, 0.2) is 218 Å². The Labute approximate surface area is 426 Å². The molecular formula is C63H35N11O. The number of fused-ring (bicyclic) bond motifs is 10. The molecule has 0 saturated carbocycles. The average Bonchev–Trinajstić information content (AvgIpc) is 3.95. The summed E-state index contributed by atoms with van der Waals surface area (Å²) in [7, 11) is 0. The van der Waals surface area contributed by atoms with Gasteiger partial charge in [0.15, 0.2) is 17.2 Å². The number of oxazole rings is 1. The van der Waals surface area contributed by atoms with Gasteiger partial charge in [0, 0.05) is 108 Å². The van der Waals surface area contributed by atoms with E-state index >= 15 is 0 Å². The second-order valence-corrected chi connectivity index (χ2v) is 18.2. The Kier molecular flexibility index (Phi) is 9.57. The van der Waals surface area contributed by atoms with E-state index in [0.29, 0.717) is 68.1 Å². The molecule has 12 nitrogen and oxygen atoms in total. The van der Waals surface area contributed by atoms with Crippen LogP contribution in [0.25, 0.3) is 156 Å². The molecule has 0 aliphatic carbocycles. The monoisotopic (exact) mass is 961 g/mol. The summed E-state index contributed by atoms with van der Waals surface area (Å²) >= 11 is 0. The Morgan fingerprint density at radius 3 is 1.01 bits per heavy atom. The lowest BCUT2D eigenvalue weighted by molar-refractivity contribution is 0.623. The van der Waals surface area contributed by atoms with Gasteiger partial charge in [-0.15, -0.1) is 0 Å². The van der Waals surface area contributed by atoms with Gasteiger partial charge in [-0.05, 0) is 78.9 Å². The summed E-state index contributed by atoms with van der Waals surface area (Å²) in [6.07, 6.45) is 10.8. The highest BCUT2D eigenvalue weighted by molar-refractivity contribution is 6.20. The van der Waals surface area contributed by atoms with Gasteiger partial charge in [-0.2, -0.15) is 0 Å². The number of rotatable bonds is 7. The van der Waals surface area contributed by atoms with Crippen LogP contribution in [0, 0.1) is 0 Å². The molecule has 0 unspecified atom stereocenters. The fraction of sp³-hybridized carbons (Fsp3) is 0. The van der Waals surface area contributed by atoms with Gasteiger partial charge in [-0.1, -0.05) is 97.1 Å². The van der Waals surface area contributed by atoms with Crippen molar-refractivity contribution in [2.45, 2.75) is 0 Å². The first-order valence-corrected chi connectivity index (χ1v) is 24.4. The zero-order valence-electron chi connectivity index (χ0n) is 39.5. The maximum absolute atomic E-state index is 6.93. The molecule has 12 heteroatoms. The second-order valence-electron chi connectivity index (χ2n) is 18.2. The molecular weight excluding hydrogens is 927 g/mol. The second kappa shape index (κ2) is 17.0. The van der Waals surface area contributed by atoms with E-state index in [1.165, 1.54) is 0 Å². The van der Waals surface area contributed by atoms with Crippen molar-refractivity contribution >= 4 is 76.5 Å². The minimum Gasteiger partial charge on any atom is -0.435 e. The van der Waals surface area contributed by atoms with E-state index in [1.54, 1.807) is 12.4 Å². The molecule has 0 bridgehead atoms. The molecule has 0 aliphatic heterocycles. The van der Waals surface area contributed by atoms with Crippen molar-refractivity contribution in [2.75, 3.05) is 0 Å². The van der Waals surface area contributed by atoms with Crippen LogP contribution in [0.3, 0.4) is 0 Å². The number of hydrogen-bond donors (Lipinski definition) is 0. The molecule has 0 spiro atoms. The van der Waals surface area contributed by atoms with Gasteiger partial charge < -0.3 is 4.42 Å². The Bertz CT molecular complexity index is 4310. The van der Waals surface area contributed by atoms with Crippen LogP contribution in [0.2, 0.25) is 0 Å². The summed E-state index contributed by atoms with van der Waals surface area (Å²) in [5.41, 5.74) is 14.2. The average molecular weight is 962 g/mol. The fourth-order valence-electron chi connectivity index (χ4n) is 10.3. The van der Waals surface area contributed by atoms with E-state index in [2.05, 4.69) is 72.8 Å². The third-order valence-corrected chi connectivity index (χ3v) is 13.7. The van der Waals surface area contributed by atoms with Gasteiger partial charge in [0.2, 0.25) is 5.89 Å². The van der Waals surface area contributed by atoms with Crippen LogP contribution in [-0.2, 0) is 0 Å². The molecule has 0 radical (unpaired) electrons. The minimum atomic E-state index is 0.371. The number of pyridine rings is 6. The maximum atomic E-state index is 6.93. The summed E-state index contributed by atoms with van der Waals surface area (Å²) in [5, 5.41) is 5.59. The van der Waals surface area contributed by atoms with Gasteiger partial charge in [-0.3, -0.25) is 29.9 Å². The highest BCUT2D eigenvalue weighted by atomic mass is 16.3. The number of nitrogens with zero attached hydrogens (tertiary/aromatic N) is 11. The summed E-state index contributed by atoms with van der Waals surface area (Å²) in [4.78, 5) is 55.9. The van der Waals surface area contributed by atoms with E-state index in [9.17, 15) is 0 Å². The minimum absolute atomic E-state index is 0.371. The first-order chi connectivity index (χ1) is 37.1. The van der Waals surface area contributed by atoms with Crippen LogP contribution in [0.4, 0.5) is 0 Å². The predicted octanol–water partition coefficient (Wildman–Crippen LogP) is 14.4. The van der Waals surface area contributed by atoms with Crippen LogP contribution in [0.1, 0.15) is 0 Å². The first-order valence-electron chi connectivity index (χ1n) is 24.4. The van der Waals surface area contributed by atoms with E-state index < -0.39 is 0 Å². The van der Waals surface area contributed by atoms with E-state index in [0.717, 1.165) is 87.7 Å². The highest BCUT2D eigenvalue weighted by Gasteiger charge is 2.23. The molecule has 0 amide bonds. The third-order valence-electron chi connectivity index (χ3n) is 13.7. The lowest BCUT2D eigenvalue weighted by Crippen LogP contribution is -2.00. The Balaban J connectivity index is 1.03. The van der Waals surface area contributed by atoms with Crippen LogP contribution in [0.5, 0.6) is 0 Å². The first kappa shape index (κ1) is 42.1. The Morgan fingerprint density at radius 1 is 0.267 bits per heavy atom. The van der Waals surface area contributed by atoms with Crippen LogP contribution in [-0.4, -0.2) is 54.8 Å². The quantitative estimate of drug-likeness (QED) is 0.140. The van der Waals surface area contributed by atoms with Gasteiger partial charge in [0.25, 0.3) is 0 Å². The van der Waals surface area contributed by atoms with Crippen molar-refractivity contribution in [1.82, 2.24) is 54.8 Å². The lowest BCUT2D eigenvalue weighted by atomic mass is 10.00. The lowest BCUT2D eigenvalue weighted by Gasteiger charge is -2.14. The summed E-state index contributed by atoms with van der Waals surface area (Å²) in [5.74, 6) is 1.26. The summed E-state index contributed by atoms with van der Waals surface area (Å²) < 4.78 is 6.93. The Morgan fingerprint density at radius 2 is 0.600 bits per heavy atom. The van der Waals surface area contributed by atoms with Gasteiger partial charge in [0.05, 0.1) is 50.4 Å². The van der Waals surface area contributed by atoms with Crippen molar-refractivity contribution in [3.8, 4) is 79.3 Å². The van der Waals surface area contributed by atoms with Crippen molar-refractivity contribution in [3.05, 3.63) is 213 Å². The van der Waals surface area contributed by atoms with E-state index in [4.69, 9.17) is 59.2 Å². The van der Waals surface area contributed by atoms with E-state index in [-0.39, 0.29) is 0 Å². The molecule has 0 N–H and O–H groups in total. The fourth-order valence-corrected chi connectivity index (χ4v) is 10.3. The number of hydrogen-bond acceptors (Lipinski definition) is 12. The number of benzene rings is 6. The number of para-hydroxylation sites is 4. The van der Waals surface area contributed by atoms with Gasteiger partial charge >= 0.3 is 0 Å². The standard InChI is InChI=1S/C63H35N11O/c1-11-36-15-5-25-64-53(36)43(19-1)49-34-50(44-20-2-12-37-16-6-26-65-54(37)44)71-61(70-49)40-31-41(33-42(32-40)63-74-59-47-23-9-29-68-57(47)58-48(60(59)75-63)24-10-30-69-58)62-72-51(45-21-3-13-38-17-7-27-66-55(38)45)35-52(73-62)46-22-4-14-39-18-8-28-67-56(39)46/h1-35H. The van der Waals surface area contributed by atoms with Crippen LogP contribution < -0.4 is 0 Å². The zero-order chi connectivity index (χ0) is 49.4. The number of aromatic nitrogens is 11. The highest BCUT2D eigenvalue weighted by Crippen LogP contribution is 2.41. The molecule has 75 heavy (non-hydrogen) atoms. The molecule has 0 aliphatic rings. The SMILES string of the molecule is c1cnc2c(-c3cc(-c4cccc5cccnc45)nc(-c4cc(-c5nc(-c6cccc7cccnc67)cc(-c6cccc7cccnc67)n5)cc(-c5nc6c7cccnc7c7ncccc7c6o5)c4)n3)cccc2c1. The van der Waals surface area contributed by atoms with Crippen molar-refractivity contribution in [1.29, 1.82) is 0 Å². The normalized spacial score (nSPS) is 11.7. The maximum Gasteiger partial charge on any atom is 0.227 e. The molecule has 15 aromatic rings. The van der Waals surface area contributed by atoms with Crippen molar-refractivity contribution < 1.29 is 4.42 Å². The molecule has 348 valence electrons. The van der Waals surface area contributed by atoms with Crippen molar-refractivity contribution in [2.24, 2.45) is 0 Å². The van der Waals surface area contributed by atoms with Gasteiger partial charge in [0.1, 0.15) is 11.0 Å². The van der Waals surface area contributed by atoms with E-state index in [1.807, 2.05) is 128 Å². The Hall–Kier alpha value is -10.6. The smallest absolute Gasteiger partial charge is 0.227 e. The van der Waals surface area contributed by atoms with Gasteiger partial charge in [-0.25, -0.2) is 24.9 Å². The topological polar surface area (TPSA) is 155 Å². The molecule has 0 atom stereocenters. The molecule has 9 heterocycles. The van der Waals surface area contributed by atoms with Crippen LogP contribution >= 0.6 is 0 Å². The molecule has 9 aromatic heterocycles. The third kappa shape index (κ3) is 7.11. The van der Waals surface area contributed by atoms with Crippen molar-refractivity contribution in [3.63, 3.8) is 0 Å².